The van der Waals surface area contributed by atoms with E-state index in [-0.39, 0.29) is 0 Å². The standard InChI is InChI=1S/C9H8N2O7P2/c12-9(17-19(13)14,18-20(15)16)5-7-6-10-8-3-1-2-4-11(7)8/h1-4,6,12H,5H2/p+2. The molecular formula is C9H10N2O7P2+2. The minimum absolute atomic E-state index is 0.358. The van der Waals surface area contributed by atoms with Gasteiger partial charge in [0.25, 0.3) is 0 Å². The molecule has 2 atom stereocenters. The second kappa shape index (κ2) is 5.99. The molecule has 0 aliphatic rings. The van der Waals surface area contributed by atoms with Crippen LogP contribution in [0.4, 0.5) is 0 Å². The van der Waals surface area contributed by atoms with Gasteiger partial charge in [-0.3, -0.25) is 0 Å². The molecule has 106 valence electrons. The molecule has 0 saturated heterocycles. The molecule has 2 heterocycles. The molecule has 0 bridgehead atoms. The van der Waals surface area contributed by atoms with Gasteiger partial charge in [-0.2, -0.15) is 0 Å². The van der Waals surface area contributed by atoms with E-state index < -0.39 is 28.9 Å². The molecule has 0 aromatic carbocycles. The Balaban J connectivity index is 2.31. The van der Waals surface area contributed by atoms with Crippen LogP contribution in [-0.4, -0.2) is 30.3 Å². The summed E-state index contributed by atoms with van der Waals surface area (Å²) in [7, 11) is -6.48. The molecule has 0 spiro atoms. The molecule has 0 aliphatic heterocycles. The minimum atomic E-state index is -3.24. The van der Waals surface area contributed by atoms with E-state index in [1.807, 2.05) is 0 Å². The molecule has 0 saturated carbocycles. The van der Waals surface area contributed by atoms with Crippen LogP contribution >= 0.6 is 16.5 Å². The van der Waals surface area contributed by atoms with E-state index in [4.69, 9.17) is 9.79 Å². The largest absolute Gasteiger partial charge is 0.700 e. The average Bonchev–Trinajstić information content (AvgIpc) is 2.70. The summed E-state index contributed by atoms with van der Waals surface area (Å²) >= 11 is 0. The molecule has 0 radical (unpaired) electrons. The van der Waals surface area contributed by atoms with Crippen molar-refractivity contribution in [2.24, 2.45) is 0 Å². The number of imidazole rings is 1. The lowest BCUT2D eigenvalue weighted by Gasteiger charge is -2.13. The molecule has 0 amide bonds. The first-order chi connectivity index (χ1) is 9.39. The highest BCUT2D eigenvalue weighted by Crippen LogP contribution is 2.34. The summed E-state index contributed by atoms with van der Waals surface area (Å²) < 4.78 is 31.5. The van der Waals surface area contributed by atoms with Crippen LogP contribution in [0.3, 0.4) is 0 Å². The van der Waals surface area contributed by atoms with Gasteiger partial charge in [0.1, 0.15) is 5.65 Å². The van der Waals surface area contributed by atoms with Crippen molar-refractivity contribution in [1.82, 2.24) is 9.38 Å². The lowest BCUT2D eigenvalue weighted by molar-refractivity contribution is -0.272. The predicted molar refractivity (Wildman–Crippen MR) is 65.7 cm³/mol. The second-order valence-electron chi connectivity index (χ2n) is 3.73. The first kappa shape index (κ1) is 15.1. The number of rotatable bonds is 6. The number of aromatic nitrogens is 2. The Hall–Kier alpha value is -1.31. The van der Waals surface area contributed by atoms with E-state index in [0.29, 0.717) is 11.3 Å². The van der Waals surface area contributed by atoms with Crippen LogP contribution in [0.1, 0.15) is 5.69 Å². The van der Waals surface area contributed by atoms with E-state index in [1.54, 1.807) is 28.8 Å². The first-order valence-electron chi connectivity index (χ1n) is 5.23. The third-order valence-corrected chi connectivity index (χ3v) is 3.22. The summed E-state index contributed by atoms with van der Waals surface area (Å²) in [5.41, 5.74) is 0.920. The highest BCUT2D eigenvalue weighted by atomic mass is 31.1. The van der Waals surface area contributed by atoms with Gasteiger partial charge >= 0.3 is 22.5 Å². The van der Waals surface area contributed by atoms with Crippen LogP contribution in [0.5, 0.6) is 0 Å². The van der Waals surface area contributed by atoms with Crippen LogP contribution in [0, 0.1) is 0 Å². The van der Waals surface area contributed by atoms with Crippen LogP contribution in [-0.2, 0) is 24.6 Å². The fraction of sp³-hybridized carbons (Fsp3) is 0.222. The summed E-state index contributed by atoms with van der Waals surface area (Å²) in [6.07, 6.45) is 2.54. The second-order valence-corrected chi connectivity index (χ2v) is 5.04. The van der Waals surface area contributed by atoms with E-state index in [2.05, 4.69) is 14.0 Å². The van der Waals surface area contributed by atoms with Gasteiger partial charge in [-0.1, -0.05) is 6.07 Å². The summed E-state index contributed by atoms with van der Waals surface area (Å²) in [4.78, 5) is 21.4. The minimum Gasteiger partial charge on any atom is -0.337 e. The van der Waals surface area contributed by atoms with Gasteiger partial charge < -0.3 is 9.51 Å². The molecule has 2 aromatic heterocycles. The Morgan fingerprint density at radius 1 is 1.25 bits per heavy atom. The van der Waals surface area contributed by atoms with Crippen molar-refractivity contribution in [2.45, 2.75) is 12.4 Å². The van der Waals surface area contributed by atoms with Gasteiger partial charge in [0, 0.05) is 21.5 Å². The molecular weight excluding hydrogens is 310 g/mol. The summed E-state index contributed by atoms with van der Waals surface area (Å²) in [5.74, 6) is -2.71. The Morgan fingerprint density at radius 3 is 2.50 bits per heavy atom. The fourth-order valence-electron chi connectivity index (χ4n) is 1.67. The van der Waals surface area contributed by atoms with Crippen molar-refractivity contribution in [3.05, 3.63) is 36.3 Å². The first-order valence-corrected chi connectivity index (χ1v) is 7.49. The normalized spacial score (nSPS) is 15.9. The number of hydrogen-bond acceptors (Lipinski definition) is 6. The quantitative estimate of drug-likeness (QED) is 0.527. The van der Waals surface area contributed by atoms with Crippen LogP contribution in [0.25, 0.3) is 5.65 Å². The average molecular weight is 320 g/mol. The molecule has 0 fully saturated rings. The molecule has 0 aliphatic carbocycles. The van der Waals surface area contributed by atoms with Gasteiger partial charge in [-0.15, -0.1) is 9.79 Å². The number of nitrogens with zero attached hydrogens (tertiary/aromatic N) is 2. The Bertz CT molecular complexity index is 643. The molecule has 11 heteroatoms. The predicted octanol–water partition coefficient (Wildman–Crippen LogP) is 0.855. The lowest BCUT2D eigenvalue weighted by Crippen LogP contribution is -2.34. The zero-order valence-corrected chi connectivity index (χ0v) is 11.6. The number of pyridine rings is 1. The highest BCUT2D eigenvalue weighted by Gasteiger charge is 2.48. The van der Waals surface area contributed by atoms with Gasteiger partial charge in [0.2, 0.25) is 0 Å². The molecule has 20 heavy (non-hydrogen) atoms. The smallest absolute Gasteiger partial charge is 0.337 e. The van der Waals surface area contributed by atoms with Crippen LogP contribution < -0.4 is 0 Å². The summed E-state index contributed by atoms with van der Waals surface area (Å²) in [5, 5.41) is 9.91. The zero-order chi connectivity index (χ0) is 14.8. The maximum absolute atomic E-state index is 10.7. The zero-order valence-electron chi connectivity index (χ0n) is 9.86. The molecule has 9 nitrogen and oxygen atoms in total. The van der Waals surface area contributed by atoms with Crippen LogP contribution in [0.15, 0.2) is 30.6 Å². The molecule has 2 rings (SSSR count). The Labute approximate surface area is 114 Å². The van der Waals surface area contributed by atoms with Crippen molar-refractivity contribution >= 4 is 22.2 Å². The van der Waals surface area contributed by atoms with Crippen molar-refractivity contribution in [2.75, 3.05) is 0 Å². The van der Waals surface area contributed by atoms with Crippen molar-refractivity contribution in [3.63, 3.8) is 0 Å². The van der Waals surface area contributed by atoms with E-state index >= 15 is 0 Å². The Kier molecular flexibility index (Phi) is 4.52. The van der Waals surface area contributed by atoms with Gasteiger partial charge in [-0.05, 0) is 21.2 Å². The third-order valence-electron chi connectivity index (χ3n) is 2.34. The molecule has 3 N–H and O–H groups in total. The lowest BCUT2D eigenvalue weighted by atomic mass is 10.3. The van der Waals surface area contributed by atoms with E-state index in [9.17, 15) is 14.2 Å². The van der Waals surface area contributed by atoms with Crippen molar-refractivity contribution in [1.29, 1.82) is 0 Å². The molecule has 2 aromatic rings. The number of fused-ring (bicyclic) bond motifs is 1. The van der Waals surface area contributed by atoms with E-state index in [0.717, 1.165) is 0 Å². The Morgan fingerprint density at radius 2 is 1.90 bits per heavy atom. The SMILES string of the molecule is O=[P+](O)OC(O)(Cc1cnc2ccccn12)O[P+](=O)O. The van der Waals surface area contributed by atoms with Gasteiger partial charge in [-0.25, -0.2) is 4.98 Å². The maximum atomic E-state index is 10.7. The van der Waals surface area contributed by atoms with E-state index in [1.165, 1.54) is 6.20 Å². The molecule has 2 unspecified atom stereocenters. The third kappa shape index (κ3) is 3.62. The van der Waals surface area contributed by atoms with Gasteiger partial charge in [0.15, 0.2) is 0 Å². The summed E-state index contributed by atoms with van der Waals surface area (Å²) in [6.45, 7) is 0. The highest BCUT2D eigenvalue weighted by molar-refractivity contribution is 7.33. The van der Waals surface area contributed by atoms with Crippen molar-refractivity contribution in [3.8, 4) is 0 Å². The number of hydrogen-bond donors (Lipinski definition) is 3. The van der Waals surface area contributed by atoms with Crippen LogP contribution in [0.2, 0.25) is 0 Å². The van der Waals surface area contributed by atoms with Crippen molar-refractivity contribution < 1.29 is 33.1 Å². The number of aliphatic hydroxyl groups is 1. The maximum Gasteiger partial charge on any atom is 0.700 e. The topological polar surface area (TPSA) is 131 Å². The monoisotopic (exact) mass is 320 g/mol. The summed E-state index contributed by atoms with van der Waals surface area (Å²) in [6, 6.07) is 5.15. The van der Waals surface area contributed by atoms with Gasteiger partial charge in [0.05, 0.1) is 12.1 Å². The fourth-order valence-corrected chi connectivity index (χ4v) is 2.42.